The summed E-state index contributed by atoms with van der Waals surface area (Å²) in [7, 11) is 0. The molecule has 0 aliphatic heterocycles. The highest BCUT2D eigenvalue weighted by atomic mass is 79.9. The average Bonchev–Trinajstić information content (AvgIpc) is 2.52. The molecule has 0 aliphatic rings. The highest BCUT2D eigenvalue weighted by molar-refractivity contribution is 9.12. The topological polar surface area (TPSA) is 58.2 Å². The van der Waals surface area contributed by atoms with Crippen molar-refractivity contribution in [3.63, 3.8) is 0 Å². The number of carbonyl (C=O) groups is 2. The molecule has 0 aliphatic carbocycles. The smallest absolute Gasteiger partial charge is 0.248 e. The third-order valence-electron chi connectivity index (χ3n) is 2.90. The first-order valence-electron chi connectivity index (χ1n) is 6.76. The van der Waals surface area contributed by atoms with Gasteiger partial charge in [0, 0.05) is 39.0 Å². The molecule has 4 nitrogen and oxygen atoms in total. The van der Waals surface area contributed by atoms with Gasteiger partial charge in [0.1, 0.15) is 0 Å². The lowest BCUT2D eigenvalue weighted by Crippen LogP contribution is -2.13. The Labute approximate surface area is 200 Å². The standard InChI is InChI=1S/C16H8Br6N2O2/c17-7-3-9(19)15(10(20)4-7)23-13(25)1-2-14(26)24-16-11(21)5-8(18)6-12(16)22/h1-6H,(H,23,25)(H,24,26)/b2-1+. The predicted octanol–water partition coefficient (Wildman–Crippen LogP) is 7.40. The molecule has 2 aromatic carbocycles. The number of amides is 2. The minimum atomic E-state index is -0.433. The van der Waals surface area contributed by atoms with Crippen molar-refractivity contribution in [2.75, 3.05) is 10.6 Å². The van der Waals surface area contributed by atoms with Crippen molar-refractivity contribution >= 4 is 119 Å². The van der Waals surface area contributed by atoms with Gasteiger partial charge >= 0.3 is 0 Å². The zero-order valence-corrected chi connectivity index (χ0v) is 22.1. The normalized spacial score (nSPS) is 10.8. The summed E-state index contributed by atoms with van der Waals surface area (Å²) >= 11 is 20.2. The number of carbonyl (C=O) groups excluding carboxylic acids is 2. The van der Waals surface area contributed by atoms with Crippen LogP contribution in [0.3, 0.4) is 0 Å². The third kappa shape index (κ3) is 6.27. The van der Waals surface area contributed by atoms with Gasteiger partial charge in [-0.25, -0.2) is 0 Å². The molecular weight excluding hydrogens is 732 g/mol. The van der Waals surface area contributed by atoms with Crippen molar-refractivity contribution in [2.24, 2.45) is 0 Å². The number of benzene rings is 2. The minimum Gasteiger partial charge on any atom is -0.321 e. The largest absolute Gasteiger partial charge is 0.321 e. The number of hydrogen-bond donors (Lipinski definition) is 2. The van der Waals surface area contributed by atoms with E-state index >= 15 is 0 Å². The van der Waals surface area contributed by atoms with Gasteiger partial charge in [0.05, 0.1) is 11.4 Å². The van der Waals surface area contributed by atoms with Crippen LogP contribution >= 0.6 is 95.6 Å². The van der Waals surface area contributed by atoms with Crippen LogP contribution in [0, 0.1) is 0 Å². The van der Waals surface area contributed by atoms with Crippen molar-refractivity contribution in [1.82, 2.24) is 0 Å². The Balaban J connectivity index is 2.06. The maximum absolute atomic E-state index is 12.1. The molecule has 10 heteroatoms. The highest BCUT2D eigenvalue weighted by Crippen LogP contribution is 2.35. The van der Waals surface area contributed by atoms with Crippen LogP contribution in [0.15, 0.2) is 63.3 Å². The summed E-state index contributed by atoms with van der Waals surface area (Å²) in [5.74, 6) is -0.865. The molecule has 2 N–H and O–H groups in total. The molecule has 0 aromatic heterocycles. The molecule has 136 valence electrons. The van der Waals surface area contributed by atoms with E-state index in [1.807, 2.05) is 0 Å². The lowest BCUT2D eigenvalue weighted by Gasteiger charge is -2.09. The molecule has 0 heterocycles. The van der Waals surface area contributed by atoms with E-state index in [2.05, 4.69) is 106 Å². The van der Waals surface area contributed by atoms with Crippen LogP contribution in [0.5, 0.6) is 0 Å². The summed E-state index contributed by atoms with van der Waals surface area (Å²) in [6.07, 6.45) is 2.33. The van der Waals surface area contributed by atoms with Crippen LogP contribution in [-0.2, 0) is 9.59 Å². The van der Waals surface area contributed by atoms with Crippen molar-refractivity contribution in [3.05, 3.63) is 63.3 Å². The molecule has 0 spiro atoms. The molecular formula is C16H8Br6N2O2. The molecule has 0 atom stereocenters. The lowest BCUT2D eigenvalue weighted by atomic mass is 10.3. The zero-order chi connectivity index (χ0) is 19.4. The molecule has 2 aromatic rings. The number of halogens is 6. The van der Waals surface area contributed by atoms with Crippen LogP contribution in [-0.4, -0.2) is 11.8 Å². The Morgan fingerprint density at radius 1 is 0.615 bits per heavy atom. The van der Waals surface area contributed by atoms with E-state index < -0.39 is 11.8 Å². The fourth-order valence-electron chi connectivity index (χ4n) is 1.80. The van der Waals surface area contributed by atoms with Crippen LogP contribution < -0.4 is 10.6 Å². The maximum atomic E-state index is 12.1. The van der Waals surface area contributed by atoms with Crippen molar-refractivity contribution in [3.8, 4) is 0 Å². The van der Waals surface area contributed by atoms with E-state index in [4.69, 9.17) is 0 Å². The average molecular weight is 740 g/mol. The maximum Gasteiger partial charge on any atom is 0.248 e. The van der Waals surface area contributed by atoms with E-state index in [9.17, 15) is 9.59 Å². The fraction of sp³-hybridized carbons (Fsp3) is 0. The zero-order valence-electron chi connectivity index (χ0n) is 12.5. The van der Waals surface area contributed by atoms with Gasteiger partial charge in [-0.3, -0.25) is 9.59 Å². The SMILES string of the molecule is O=C(/C=C/C(=O)Nc1c(Br)cc(Br)cc1Br)Nc1c(Br)cc(Br)cc1Br. The molecule has 2 amide bonds. The Hall–Kier alpha value is 0.000000000000000222. The Morgan fingerprint density at radius 2 is 0.885 bits per heavy atom. The van der Waals surface area contributed by atoms with Crippen molar-refractivity contribution in [2.45, 2.75) is 0 Å². The summed E-state index contributed by atoms with van der Waals surface area (Å²) in [5.41, 5.74) is 1.14. The van der Waals surface area contributed by atoms with Gasteiger partial charge in [0.25, 0.3) is 0 Å². The van der Waals surface area contributed by atoms with Gasteiger partial charge in [-0.2, -0.15) is 0 Å². The van der Waals surface area contributed by atoms with Crippen LogP contribution in [0.1, 0.15) is 0 Å². The van der Waals surface area contributed by atoms with Gasteiger partial charge in [-0.1, -0.05) is 31.9 Å². The van der Waals surface area contributed by atoms with Crippen LogP contribution in [0.25, 0.3) is 0 Å². The summed E-state index contributed by atoms with van der Waals surface area (Å²) in [5, 5.41) is 5.42. The summed E-state index contributed by atoms with van der Waals surface area (Å²) in [6, 6.07) is 7.22. The number of rotatable bonds is 4. The Bertz CT molecular complexity index is 794. The molecule has 0 radical (unpaired) electrons. The molecule has 0 saturated carbocycles. The molecule has 0 saturated heterocycles. The number of hydrogen-bond acceptors (Lipinski definition) is 2. The molecule has 0 fully saturated rings. The third-order valence-corrected chi connectivity index (χ3v) is 6.31. The summed E-state index contributed by atoms with van der Waals surface area (Å²) in [4.78, 5) is 24.2. The van der Waals surface area contributed by atoms with Crippen LogP contribution in [0.2, 0.25) is 0 Å². The summed E-state index contributed by atoms with van der Waals surface area (Å²) in [6.45, 7) is 0. The molecule has 26 heavy (non-hydrogen) atoms. The predicted molar refractivity (Wildman–Crippen MR) is 125 cm³/mol. The van der Waals surface area contributed by atoms with Gasteiger partial charge in [0.2, 0.25) is 11.8 Å². The van der Waals surface area contributed by atoms with E-state index in [-0.39, 0.29) is 0 Å². The van der Waals surface area contributed by atoms with Crippen LogP contribution in [0.4, 0.5) is 11.4 Å². The highest BCUT2D eigenvalue weighted by Gasteiger charge is 2.11. The van der Waals surface area contributed by atoms with Crippen molar-refractivity contribution < 1.29 is 9.59 Å². The number of anilines is 2. The molecule has 0 unspecified atom stereocenters. The second-order valence-corrected chi connectivity index (χ2v) is 10.0. The lowest BCUT2D eigenvalue weighted by molar-refractivity contribution is -0.114. The second-order valence-electron chi connectivity index (χ2n) is 4.80. The first kappa shape index (κ1) is 22.3. The second kappa shape index (κ2) is 9.97. The van der Waals surface area contributed by atoms with Gasteiger partial charge in [-0.15, -0.1) is 0 Å². The fourth-order valence-corrected chi connectivity index (χ4v) is 6.72. The van der Waals surface area contributed by atoms with Gasteiger partial charge in [-0.05, 0) is 88.0 Å². The first-order chi connectivity index (χ1) is 12.2. The number of nitrogens with one attached hydrogen (secondary N) is 2. The van der Waals surface area contributed by atoms with E-state index in [1.165, 1.54) is 0 Å². The van der Waals surface area contributed by atoms with E-state index in [0.717, 1.165) is 21.1 Å². The first-order valence-corrected chi connectivity index (χ1v) is 11.5. The molecule has 0 bridgehead atoms. The Kier molecular flexibility index (Phi) is 8.55. The summed E-state index contributed by atoms with van der Waals surface area (Å²) < 4.78 is 4.52. The van der Waals surface area contributed by atoms with E-state index in [1.54, 1.807) is 24.3 Å². The Morgan fingerprint density at radius 3 is 1.15 bits per heavy atom. The van der Waals surface area contributed by atoms with E-state index in [0.29, 0.717) is 29.3 Å². The van der Waals surface area contributed by atoms with Gasteiger partial charge in [0.15, 0.2) is 0 Å². The quantitative estimate of drug-likeness (QED) is 0.322. The monoisotopic (exact) mass is 734 g/mol. The van der Waals surface area contributed by atoms with Crippen molar-refractivity contribution in [1.29, 1.82) is 0 Å². The van der Waals surface area contributed by atoms with Gasteiger partial charge < -0.3 is 10.6 Å². The minimum absolute atomic E-state index is 0.433. The molecule has 2 rings (SSSR count).